The molecule has 2 heterocycles. The maximum absolute atomic E-state index is 5.51. The SMILES string of the molecule is Cc1cc(CNc2cccc(C(N)=S)n2)no1. The van der Waals surface area contributed by atoms with Crippen LogP contribution < -0.4 is 11.1 Å². The number of anilines is 1. The van der Waals surface area contributed by atoms with Gasteiger partial charge in [-0.15, -0.1) is 0 Å². The Hall–Kier alpha value is -1.95. The summed E-state index contributed by atoms with van der Waals surface area (Å²) >= 11 is 4.86. The van der Waals surface area contributed by atoms with E-state index in [2.05, 4.69) is 15.5 Å². The molecule has 17 heavy (non-hydrogen) atoms. The molecule has 0 aliphatic heterocycles. The molecule has 0 aromatic carbocycles. The summed E-state index contributed by atoms with van der Waals surface area (Å²) in [5.74, 6) is 1.49. The maximum atomic E-state index is 5.51. The van der Waals surface area contributed by atoms with Gasteiger partial charge in [-0.1, -0.05) is 23.4 Å². The molecule has 2 aromatic rings. The topological polar surface area (TPSA) is 77.0 Å². The monoisotopic (exact) mass is 248 g/mol. The van der Waals surface area contributed by atoms with Gasteiger partial charge < -0.3 is 15.6 Å². The molecule has 6 heteroatoms. The molecule has 0 radical (unpaired) electrons. The first-order valence-electron chi connectivity index (χ1n) is 5.08. The third-order valence-electron chi connectivity index (χ3n) is 2.13. The highest BCUT2D eigenvalue weighted by Gasteiger charge is 2.02. The molecule has 0 atom stereocenters. The van der Waals surface area contributed by atoms with E-state index in [-0.39, 0.29) is 4.99 Å². The van der Waals surface area contributed by atoms with Gasteiger partial charge in [-0.3, -0.25) is 0 Å². The first-order chi connectivity index (χ1) is 8.15. The molecule has 5 nitrogen and oxygen atoms in total. The van der Waals surface area contributed by atoms with Gasteiger partial charge in [0.1, 0.15) is 22.3 Å². The van der Waals surface area contributed by atoms with Gasteiger partial charge in [0.25, 0.3) is 0 Å². The Balaban J connectivity index is 2.04. The summed E-state index contributed by atoms with van der Waals surface area (Å²) in [7, 11) is 0. The van der Waals surface area contributed by atoms with Crippen LogP contribution in [-0.4, -0.2) is 15.1 Å². The number of aryl methyl sites for hydroxylation is 1. The van der Waals surface area contributed by atoms with Crippen LogP contribution in [0.4, 0.5) is 5.82 Å². The molecule has 88 valence electrons. The van der Waals surface area contributed by atoms with Gasteiger partial charge >= 0.3 is 0 Å². The lowest BCUT2D eigenvalue weighted by Gasteiger charge is -2.04. The van der Waals surface area contributed by atoms with Crippen molar-refractivity contribution in [2.45, 2.75) is 13.5 Å². The van der Waals surface area contributed by atoms with Crippen molar-refractivity contribution in [2.24, 2.45) is 5.73 Å². The summed E-state index contributed by atoms with van der Waals surface area (Å²) in [6.07, 6.45) is 0. The number of hydrogen-bond donors (Lipinski definition) is 2. The third-order valence-corrected chi connectivity index (χ3v) is 2.34. The third kappa shape index (κ3) is 3.01. The van der Waals surface area contributed by atoms with Gasteiger partial charge in [0.2, 0.25) is 0 Å². The van der Waals surface area contributed by atoms with Crippen molar-refractivity contribution in [3.05, 3.63) is 41.4 Å². The fourth-order valence-corrected chi connectivity index (χ4v) is 1.47. The lowest BCUT2D eigenvalue weighted by atomic mass is 10.3. The van der Waals surface area contributed by atoms with Gasteiger partial charge in [-0.25, -0.2) is 4.98 Å². The molecule has 0 unspecified atom stereocenters. The number of thiocarbonyl (C=S) groups is 1. The first kappa shape index (κ1) is 11.5. The molecule has 0 bridgehead atoms. The Morgan fingerprint density at radius 3 is 3.00 bits per heavy atom. The van der Waals surface area contributed by atoms with Gasteiger partial charge in [-0.05, 0) is 19.1 Å². The van der Waals surface area contributed by atoms with Crippen LogP contribution in [0.5, 0.6) is 0 Å². The van der Waals surface area contributed by atoms with Crippen LogP contribution in [0, 0.1) is 6.92 Å². The van der Waals surface area contributed by atoms with Crippen molar-refractivity contribution in [1.29, 1.82) is 0 Å². The van der Waals surface area contributed by atoms with Crippen molar-refractivity contribution in [3.8, 4) is 0 Å². The molecule has 0 aliphatic carbocycles. The molecular formula is C11H12N4OS. The minimum atomic E-state index is 0.283. The molecule has 0 fully saturated rings. The normalized spacial score (nSPS) is 10.2. The highest BCUT2D eigenvalue weighted by molar-refractivity contribution is 7.80. The Bertz CT molecular complexity index is 538. The van der Waals surface area contributed by atoms with Gasteiger partial charge in [0.15, 0.2) is 0 Å². The fourth-order valence-electron chi connectivity index (χ4n) is 1.35. The van der Waals surface area contributed by atoms with Crippen LogP contribution in [0.25, 0.3) is 0 Å². The van der Waals surface area contributed by atoms with E-state index in [4.69, 9.17) is 22.5 Å². The van der Waals surface area contributed by atoms with E-state index >= 15 is 0 Å². The Morgan fingerprint density at radius 1 is 1.53 bits per heavy atom. The second-order valence-corrected chi connectivity index (χ2v) is 3.99. The van der Waals surface area contributed by atoms with Crippen molar-refractivity contribution in [1.82, 2.24) is 10.1 Å². The Labute approximate surface area is 104 Å². The summed E-state index contributed by atoms with van der Waals surface area (Å²) in [4.78, 5) is 4.54. The summed E-state index contributed by atoms with van der Waals surface area (Å²) in [6, 6.07) is 7.32. The van der Waals surface area contributed by atoms with Gasteiger partial charge in [0.05, 0.1) is 12.2 Å². The van der Waals surface area contributed by atoms with Crippen LogP contribution in [0.1, 0.15) is 17.1 Å². The largest absolute Gasteiger partial charge is 0.388 e. The number of nitrogens with zero attached hydrogens (tertiary/aromatic N) is 2. The summed E-state index contributed by atoms with van der Waals surface area (Å²) in [5.41, 5.74) is 6.93. The zero-order valence-electron chi connectivity index (χ0n) is 9.30. The average Bonchev–Trinajstić information content (AvgIpc) is 2.73. The smallest absolute Gasteiger partial charge is 0.133 e. The standard InChI is InChI=1S/C11H12N4OS/c1-7-5-8(15-16-7)6-13-10-4-2-3-9(14-10)11(12)17/h2-5H,6H2,1H3,(H2,12,17)(H,13,14). The maximum Gasteiger partial charge on any atom is 0.133 e. The Morgan fingerprint density at radius 2 is 2.35 bits per heavy atom. The fraction of sp³-hybridized carbons (Fsp3) is 0.182. The van der Waals surface area contributed by atoms with E-state index in [0.717, 1.165) is 11.5 Å². The van der Waals surface area contributed by atoms with Crippen LogP contribution in [0.15, 0.2) is 28.8 Å². The minimum absolute atomic E-state index is 0.283. The zero-order chi connectivity index (χ0) is 12.3. The summed E-state index contributed by atoms with van der Waals surface area (Å²) < 4.78 is 4.96. The van der Waals surface area contributed by atoms with Gasteiger partial charge in [-0.2, -0.15) is 0 Å². The lowest BCUT2D eigenvalue weighted by molar-refractivity contribution is 0.391. The van der Waals surface area contributed by atoms with Crippen molar-refractivity contribution in [3.63, 3.8) is 0 Å². The van der Waals surface area contributed by atoms with E-state index in [9.17, 15) is 0 Å². The molecule has 0 amide bonds. The molecule has 0 spiro atoms. The first-order valence-corrected chi connectivity index (χ1v) is 5.49. The number of rotatable bonds is 4. The van der Waals surface area contributed by atoms with Crippen molar-refractivity contribution < 1.29 is 4.52 Å². The van der Waals surface area contributed by atoms with Crippen molar-refractivity contribution >= 4 is 23.0 Å². The Kier molecular flexibility index (Phi) is 3.34. The summed E-state index contributed by atoms with van der Waals surface area (Å²) in [6.45, 7) is 2.40. The second-order valence-electron chi connectivity index (χ2n) is 3.55. The highest BCUT2D eigenvalue weighted by atomic mass is 32.1. The predicted molar refractivity (Wildman–Crippen MR) is 68.7 cm³/mol. The number of aromatic nitrogens is 2. The van der Waals surface area contributed by atoms with Gasteiger partial charge in [0, 0.05) is 6.07 Å². The minimum Gasteiger partial charge on any atom is -0.388 e. The van der Waals surface area contributed by atoms with E-state index in [1.165, 1.54) is 0 Å². The van der Waals surface area contributed by atoms with E-state index < -0.39 is 0 Å². The van der Waals surface area contributed by atoms with Crippen LogP contribution >= 0.6 is 12.2 Å². The molecule has 0 saturated carbocycles. The number of pyridine rings is 1. The number of hydrogen-bond acceptors (Lipinski definition) is 5. The van der Waals surface area contributed by atoms with E-state index in [1.807, 2.05) is 25.1 Å². The molecule has 2 rings (SSSR count). The molecular weight excluding hydrogens is 236 g/mol. The quantitative estimate of drug-likeness (QED) is 0.801. The predicted octanol–water partition coefficient (Wildman–Crippen LogP) is 1.62. The van der Waals surface area contributed by atoms with Crippen LogP contribution in [0.3, 0.4) is 0 Å². The average molecular weight is 248 g/mol. The number of nitrogens with two attached hydrogens (primary N) is 1. The molecule has 2 aromatic heterocycles. The highest BCUT2D eigenvalue weighted by Crippen LogP contribution is 2.08. The molecule has 3 N–H and O–H groups in total. The van der Waals surface area contributed by atoms with Crippen LogP contribution in [0.2, 0.25) is 0 Å². The van der Waals surface area contributed by atoms with Crippen molar-refractivity contribution in [2.75, 3.05) is 5.32 Å². The van der Waals surface area contributed by atoms with E-state index in [0.29, 0.717) is 18.1 Å². The summed E-state index contributed by atoms with van der Waals surface area (Å²) in [5, 5.41) is 6.99. The second kappa shape index (κ2) is 4.92. The lowest BCUT2D eigenvalue weighted by Crippen LogP contribution is -2.12. The molecule has 0 saturated heterocycles. The van der Waals surface area contributed by atoms with E-state index in [1.54, 1.807) is 6.07 Å². The zero-order valence-corrected chi connectivity index (χ0v) is 10.1. The van der Waals surface area contributed by atoms with Crippen LogP contribution in [-0.2, 0) is 6.54 Å². The number of nitrogens with one attached hydrogen (secondary N) is 1. The molecule has 0 aliphatic rings.